The number of nitrogens with zero attached hydrogens (tertiary/aromatic N) is 1. The van der Waals surface area contributed by atoms with Crippen LogP contribution in [0.15, 0.2) is 48.2 Å². The number of thioether (sulfide) groups is 1. The summed E-state index contributed by atoms with van der Waals surface area (Å²) >= 11 is 1.73. The molecule has 4 nitrogen and oxygen atoms in total. The zero-order chi connectivity index (χ0) is 19.5. The number of allylic oxidation sites excluding steroid dienone is 2. The fourth-order valence-electron chi connectivity index (χ4n) is 5.17. The number of carboxylic acid groups (broad SMARTS) is 1. The number of aromatic hydroxyl groups is 1. The van der Waals surface area contributed by atoms with Gasteiger partial charge in [0.15, 0.2) is 0 Å². The van der Waals surface area contributed by atoms with Crippen molar-refractivity contribution in [3.63, 3.8) is 0 Å². The second-order valence-electron chi connectivity index (χ2n) is 8.40. The van der Waals surface area contributed by atoms with Gasteiger partial charge in [-0.25, -0.2) is 4.79 Å². The zero-order valence-electron chi connectivity index (χ0n) is 16.2. The third kappa shape index (κ3) is 4.40. The summed E-state index contributed by atoms with van der Waals surface area (Å²) in [5.41, 5.74) is 1.62. The predicted molar refractivity (Wildman–Crippen MR) is 113 cm³/mol. The maximum atomic E-state index is 11.8. The highest BCUT2D eigenvalue weighted by atomic mass is 32.2. The summed E-state index contributed by atoms with van der Waals surface area (Å²) in [6.07, 6.45) is 13.0. The Labute approximate surface area is 171 Å². The highest BCUT2D eigenvalue weighted by molar-refractivity contribution is 8.00. The second-order valence-corrected chi connectivity index (χ2v) is 9.59. The van der Waals surface area contributed by atoms with Gasteiger partial charge in [0.2, 0.25) is 0 Å². The number of rotatable bonds is 8. The maximum Gasteiger partial charge on any atom is 0.334 e. The quantitative estimate of drug-likeness (QED) is 0.623. The van der Waals surface area contributed by atoms with Crippen LogP contribution in [0.1, 0.15) is 37.7 Å². The third-order valence-electron chi connectivity index (χ3n) is 6.49. The molecule has 3 aliphatic rings. The van der Waals surface area contributed by atoms with E-state index in [1.165, 1.54) is 25.7 Å². The molecule has 28 heavy (non-hydrogen) atoms. The number of benzene rings is 1. The molecule has 0 amide bonds. The molecule has 5 heteroatoms. The molecule has 4 unspecified atom stereocenters. The first kappa shape index (κ1) is 19.4. The molecule has 2 N–H and O–H groups in total. The lowest BCUT2D eigenvalue weighted by atomic mass is 9.88. The van der Waals surface area contributed by atoms with Crippen molar-refractivity contribution in [3.05, 3.63) is 53.8 Å². The van der Waals surface area contributed by atoms with Gasteiger partial charge in [-0.15, -0.1) is 11.8 Å². The highest BCUT2D eigenvalue weighted by Crippen LogP contribution is 2.49. The van der Waals surface area contributed by atoms with E-state index in [1.54, 1.807) is 30.0 Å². The van der Waals surface area contributed by atoms with Gasteiger partial charge in [0, 0.05) is 12.7 Å². The Morgan fingerprint density at radius 2 is 2.14 bits per heavy atom. The number of aryl methyl sites for hydroxylation is 1. The molecular formula is C23H29NO3S. The highest BCUT2D eigenvalue weighted by Gasteiger charge is 2.41. The Hall–Kier alpha value is -1.88. The summed E-state index contributed by atoms with van der Waals surface area (Å²) < 4.78 is 0. The van der Waals surface area contributed by atoms with Crippen molar-refractivity contribution in [2.75, 3.05) is 12.3 Å². The largest absolute Gasteiger partial charge is 0.508 e. The molecule has 0 radical (unpaired) electrons. The molecule has 1 aromatic carbocycles. The summed E-state index contributed by atoms with van der Waals surface area (Å²) in [5.74, 6) is 2.85. The smallest absolute Gasteiger partial charge is 0.334 e. The van der Waals surface area contributed by atoms with E-state index in [4.69, 9.17) is 0 Å². The third-order valence-corrected chi connectivity index (χ3v) is 7.86. The van der Waals surface area contributed by atoms with E-state index >= 15 is 0 Å². The Morgan fingerprint density at radius 1 is 1.25 bits per heavy atom. The van der Waals surface area contributed by atoms with Crippen LogP contribution in [0.3, 0.4) is 0 Å². The standard InChI is InChI=1S/C23H29NO3S/c25-20-6-1-4-16(14-20)5-3-11-28-22-21(23(26)27)7-2-10-24(22)15-19-13-17-8-9-18(19)12-17/h1-2,4,6-7,10,14,17-19,22,25H,3,5,8-9,11-13,15H2,(H,26,27). The van der Waals surface area contributed by atoms with Crippen molar-refractivity contribution in [3.8, 4) is 5.75 Å². The first-order valence-corrected chi connectivity index (χ1v) is 11.4. The number of phenolic OH excluding ortho intramolecular Hbond substituents is 1. The lowest BCUT2D eigenvalue weighted by Crippen LogP contribution is -2.39. The summed E-state index contributed by atoms with van der Waals surface area (Å²) in [5, 5.41) is 19.2. The molecule has 4 rings (SSSR count). The van der Waals surface area contributed by atoms with Crippen LogP contribution in [-0.4, -0.2) is 38.8 Å². The first-order chi connectivity index (χ1) is 13.6. The Bertz CT molecular complexity index is 775. The van der Waals surface area contributed by atoms with Gasteiger partial charge in [0.1, 0.15) is 11.1 Å². The van der Waals surface area contributed by atoms with Crippen LogP contribution in [-0.2, 0) is 11.2 Å². The van der Waals surface area contributed by atoms with Gasteiger partial charge in [-0.2, -0.15) is 0 Å². The number of fused-ring (bicyclic) bond motifs is 2. The first-order valence-electron chi connectivity index (χ1n) is 10.4. The Kier molecular flexibility index (Phi) is 6.00. The van der Waals surface area contributed by atoms with Crippen LogP contribution in [0.25, 0.3) is 0 Å². The zero-order valence-corrected chi connectivity index (χ0v) is 17.0. The minimum Gasteiger partial charge on any atom is -0.508 e. The van der Waals surface area contributed by atoms with Gasteiger partial charge in [-0.1, -0.05) is 18.6 Å². The predicted octanol–water partition coefficient (Wildman–Crippen LogP) is 4.66. The molecule has 2 aliphatic carbocycles. The topological polar surface area (TPSA) is 60.8 Å². The summed E-state index contributed by atoms with van der Waals surface area (Å²) in [6, 6.07) is 7.38. The lowest BCUT2D eigenvalue weighted by molar-refractivity contribution is -0.133. The molecule has 2 fully saturated rings. The summed E-state index contributed by atoms with van der Waals surface area (Å²) in [4.78, 5) is 14.1. The second kappa shape index (κ2) is 8.64. The average molecular weight is 400 g/mol. The van der Waals surface area contributed by atoms with Crippen LogP contribution in [0.2, 0.25) is 0 Å². The van der Waals surface area contributed by atoms with Crippen LogP contribution in [0.4, 0.5) is 0 Å². The van der Waals surface area contributed by atoms with E-state index < -0.39 is 5.97 Å². The normalized spacial score (nSPS) is 28.6. The van der Waals surface area contributed by atoms with E-state index in [9.17, 15) is 15.0 Å². The van der Waals surface area contributed by atoms with E-state index in [2.05, 4.69) is 11.1 Å². The molecule has 2 bridgehead atoms. The molecule has 1 heterocycles. The van der Waals surface area contributed by atoms with Crippen LogP contribution in [0, 0.1) is 17.8 Å². The molecule has 4 atom stereocenters. The minimum absolute atomic E-state index is 0.106. The van der Waals surface area contributed by atoms with Crippen molar-refractivity contribution in [1.82, 2.24) is 4.90 Å². The number of carboxylic acids is 1. The molecule has 0 aromatic heterocycles. The Morgan fingerprint density at radius 3 is 2.86 bits per heavy atom. The lowest BCUT2D eigenvalue weighted by Gasteiger charge is -2.36. The van der Waals surface area contributed by atoms with Crippen molar-refractivity contribution < 1.29 is 15.0 Å². The Balaban J connectivity index is 1.35. The van der Waals surface area contributed by atoms with Gasteiger partial charge >= 0.3 is 5.97 Å². The molecule has 0 spiro atoms. The van der Waals surface area contributed by atoms with Gasteiger partial charge < -0.3 is 15.1 Å². The maximum absolute atomic E-state index is 11.8. The average Bonchev–Trinajstić information content (AvgIpc) is 3.29. The number of hydrogen-bond acceptors (Lipinski definition) is 4. The van der Waals surface area contributed by atoms with Crippen molar-refractivity contribution in [1.29, 1.82) is 0 Å². The van der Waals surface area contributed by atoms with Crippen LogP contribution < -0.4 is 0 Å². The van der Waals surface area contributed by atoms with Crippen LogP contribution >= 0.6 is 11.8 Å². The van der Waals surface area contributed by atoms with Gasteiger partial charge in [0.25, 0.3) is 0 Å². The molecular weight excluding hydrogens is 370 g/mol. The monoisotopic (exact) mass is 399 g/mol. The summed E-state index contributed by atoms with van der Waals surface area (Å²) in [6.45, 7) is 0.979. The molecule has 150 valence electrons. The van der Waals surface area contributed by atoms with Gasteiger partial charge in [-0.05, 0) is 85.5 Å². The van der Waals surface area contributed by atoms with Crippen molar-refractivity contribution in [2.24, 2.45) is 17.8 Å². The van der Waals surface area contributed by atoms with Gasteiger partial charge in [0.05, 0.1) is 5.57 Å². The van der Waals surface area contributed by atoms with Crippen molar-refractivity contribution in [2.45, 2.75) is 43.9 Å². The fourth-order valence-corrected chi connectivity index (χ4v) is 6.41. The van der Waals surface area contributed by atoms with E-state index in [-0.39, 0.29) is 5.37 Å². The fraction of sp³-hybridized carbons (Fsp3) is 0.522. The molecule has 1 aromatic rings. The van der Waals surface area contributed by atoms with E-state index in [0.29, 0.717) is 17.2 Å². The summed E-state index contributed by atoms with van der Waals surface area (Å²) in [7, 11) is 0. The van der Waals surface area contributed by atoms with E-state index in [1.807, 2.05) is 18.2 Å². The molecule has 0 saturated heterocycles. The minimum atomic E-state index is -0.812. The number of aliphatic carboxylic acids is 1. The van der Waals surface area contributed by atoms with Crippen LogP contribution in [0.5, 0.6) is 5.75 Å². The van der Waals surface area contributed by atoms with Crippen molar-refractivity contribution >= 4 is 17.7 Å². The molecule has 2 saturated carbocycles. The van der Waals surface area contributed by atoms with E-state index in [0.717, 1.165) is 42.5 Å². The SMILES string of the molecule is O=C(O)C1=CC=CN(CC2CC3CCC2C3)C1SCCCc1cccc(O)c1. The number of phenols is 1. The number of hydrogen-bond donors (Lipinski definition) is 2. The molecule has 1 aliphatic heterocycles. The van der Waals surface area contributed by atoms with Gasteiger partial charge in [-0.3, -0.25) is 0 Å². The number of carbonyl (C=O) groups is 1.